The summed E-state index contributed by atoms with van der Waals surface area (Å²) < 4.78 is 1.72. The van der Waals surface area contributed by atoms with Gasteiger partial charge in [0.05, 0.1) is 6.54 Å². The van der Waals surface area contributed by atoms with Crippen molar-refractivity contribution in [1.82, 2.24) is 9.78 Å². The predicted octanol–water partition coefficient (Wildman–Crippen LogP) is 1.99. The highest BCUT2D eigenvalue weighted by Crippen LogP contribution is 2.27. The van der Waals surface area contributed by atoms with E-state index in [2.05, 4.69) is 16.1 Å². The van der Waals surface area contributed by atoms with Gasteiger partial charge >= 0.3 is 0 Å². The molecule has 2 aromatic rings. The Balaban J connectivity index is 1.94. The maximum absolute atomic E-state index is 9.33. The predicted molar refractivity (Wildman–Crippen MR) is 78.3 cm³/mol. The van der Waals surface area contributed by atoms with Crippen molar-refractivity contribution in [2.45, 2.75) is 19.4 Å². The lowest BCUT2D eigenvalue weighted by Crippen LogP contribution is -2.19. The zero-order valence-electron chi connectivity index (χ0n) is 11.3. The van der Waals surface area contributed by atoms with Gasteiger partial charge < -0.3 is 10.6 Å². The Morgan fingerprint density at radius 3 is 2.55 bits per heavy atom. The van der Waals surface area contributed by atoms with Crippen molar-refractivity contribution in [3.8, 4) is 6.07 Å². The van der Waals surface area contributed by atoms with Gasteiger partial charge in [-0.2, -0.15) is 10.4 Å². The number of hydrogen-bond donors (Lipinski definition) is 1. The first-order valence-corrected chi connectivity index (χ1v) is 6.85. The number of aromatic nitrogens is 2. The van der Waals surface area contributed by atoms with E-state index in [1.165, 1.54) is 0 Å². The van der Waals surface area contributed by atoms with Crippen LogP contribution in [0.15, 0.2) is 30.3 Å². The molecular formula is C15H17N5. The first kappa shape index (κ1) is 12.5. The minimum atomic E-state index is 0.457. The molecule has 0 atom stereocenters. The Kier molecular flexibility index (Phi) is 3.30. The van der Waals surface area contributed by atoms with Crippen molar-refractivity contribution in [1.29, 1.82) is 5.26 Å². The molecule has 2 heterocycles. The molecule has 0 unspecified atom stereocenters. The Labute approximate surface area is 118 Å². The molecule has 0 spiro atoms. The molecule has 1 aliphatic heterocycles. The highest BCUT2D eigenvalue weighted by atomic mass is 15.4. The maximum Gasteiger partial charge on any atom is 0.170 e. The average molecular weight is 267 g/mol. The van der Waals surface area contributed by atoms with Gasteiger partial charge in [0.2, 0.25) is 0 Å². The van der Waals surface area contributed by atoms with Crippen LogP contribution in [-0.4, -0.2) is 22.9 Å². The van der Waals surface area contributed by atoms with E-state index in [4.69, 9.17) is 5.73 Å². The highest BCUT2D eigenvalue weighted by molar-refractivity contribution is 5.65. The largest absolute Gasteiger partial charge is 0.383 e. The average Bonchev–Trinajstić information content (AvgIpc) is 3.09. The zero-order chi connectivity index (χ0) is 13.9. The third-order valence-corrected chi connectivity index (χ3v) is 3.67. The van der Waals surface area contributed by atoms with Crippen molar-refractivity contribution in [3.05, 3.63) is 41.5 Å². The van der Waals surface area contributed by atoms with Crippen LogP contribution in [0, 0.1) is 11.3 Å². The van der Waals surface area contributed by atoms with Crippen LogP contribution in [0.5, 0.6) is 0 Å². The molecule has 3 rings (SSSR count). The Bertz CT molecular complexity index is 632. The molecule has 5 heteroatoms. The molecule has 0 aliphatic carbocycles. The van der Waals surface area contributed by atoms with Crippen LogP contribution in [0.1, 0.15) is 24.0 Å². The first-order valence-electron chi connectivity index (χ1n) is 6.85. The number of hydrogen-bond acceptors (Lipinski definition) is 4. The van der Waals surface area contributed by atoms with Gasteiger partial charge in [-0.15, -0.1) is 0 Å². The van der Waals surface area contributed by atoms with E-state index in [1.807, 2.05) is 30.3 Å². The molecule has 0 radical (unpaired) electrons. The van der Waals surface area contributed by atoms with Crippen LogP contribution in [0.2, 0.25) is 0 Å². The SMILES string of the molecule is N#Cc1c(N2CCCC2)nn(Cc2ccccc2)c1N. The third kappa shape index (κ3) is 2.21. The van der Waals surface area contributed by atoms with E-state index in [1.54, 1.807) is 4.68 Å². The molecule has 1 aromatic heterocycles. The van der Waals surface area contributed by atoms with Crippen LogP contribution in [0.3, 0.4) is 0 Å². The van der Waals surface area contributed by atoms with Gasteiger partial charge in [-0.1, -0.05) is 30.3 Å². The molecule has 20 heavy (non-hydrogen) atoms. The van der Waals surface area contributed by atoms with Gasteiger partial charge in [0, 0.05) is 13.1 Å². The van der Waals surface area contributed by atoms with Crippen LogP contribution in [0.4, 0.5) is 11.6 Å². The monoisotopic (exact) mass is 267 g/mol. The van der Waals surface area contributed by atoms with Crippen molar-refractivity contribution >= 4 is 11.6 Å². The Morgan fingerprint density at radius 1 is 1.20 bits per heavy atom. The van der Waals surface area contributed by atoms with Gasteiger partial charge in [-0.25, -0.2) is 4.68 Å². The number of nitrogen functional groups attached to an aromatic ring is 1. The van der Waals surface area contributed by atoms with Crippen LogP contribution >= 0.6 is 0 Å². The molecule has 2 N–H and O–H groups in total. The minimum Gasteiger partial charge on any atom is -0.383 e. The summed E-state index contributed by atoms with van der Waals surface area (Å²) in [4.78, 5) is 2.15. The fourth-order valence-electron chi connectivity index (χ4n) is 2.60. The van der Waals surface area contributed by atoms with E-state index in [9.17, 15) is 5.26 Å². The number of nitrogens with two attached hydrogens (primary N) is 1. The number of nitriles is 1. The van der Waals surface area contributed by atoms with Gasteiger partial charge in [0.1, 0.15) is 17.5 Å². The summed E-state index contributed by atoms with van der Waals surface area (Å²) >= 11 is 0. The van der Waals surface area contributed by atoms with Crippen LogP contribution < -0.4 is 10.6 Å². The summed E-state index contributed by atoms with van der Waals surface area (Å²) in [6.07, 6.45) is 2.30. The molecule has 5 nitrogen and oxygen atoms in total. The second kappa shape index (κ2) is 5.25. The number of rotatable bonds is 3. The normalized spacial score (nSPS) is 14.4. The molecule has 1 fully saturated rings. The Hall–Kier alpha value is -2.48. The summed E-state index contributed by atoms with van der Waals surface area (Å²) in [5.41, 5.74) is 7.71. The van der Waals surface area contributed by atoms with Crippen molar-refractivity contribution in [3.63, 3.8) is 0 Å². The molecule has 0 saturated carbocycles. The summed E-state index contributed by atoms with van der Waals surface area (Å²) in [5.74, 6) is 1.19. The molecule has 1 aromatic carbocycles. The molecule has 0 amide bonds. The molecular weight excluding hydrogens is 250 g/mol. The van der Waals surface area contributed by atoms with Gasteiger partial charge in [-0.05, 0) is 18.4 Å². The lowest BCUT2D eigenvalue weighted by molar-refractivity contribution is 0.691. The number of nitrogens with zero attached hydrogens (tertiary/aromatic N) is 4. The highest BCUT2D eigenvalue weighted by Gasteiger charge is 2.23. The number of anilines is 2. The Morgan fingerprint density at radius 2 is 1.90 bits per heavy atom. The fraction of sp³-hybridized carbons (Fsp3) is 0.333. The standard InChI is InChI=1S/C15H17N5/c16-10-13-14(17)20(11-12-6-2-1-3-7-12)18-15(13)19-8-4-5-9-19/h1-3,6-7H,4-5,8-9,11,17H2. The maximum atomic E-state index is 9.33. The number of benzene rings is 1. The van der Waals surface area contributed by atoms with E-state index in [-0.39, 0.29) is 0 Å². The minimum absolute atomic E-state index is 0.457. The molecule has 102 valence electrons. The van der Waals surface area contributed by atoms with E-state index in [0.29, 0.717) is 17.9 Å². The smallest absolute Gasteiger partial charge is 0.170 e. The first-order chi connectivity index (χ1) is 9.79. The fourth-order valence-corrected chi connectivity index (χ4v) is 2.60. The van der Waals surface area contributed by atoms with E-state index in [0.717, 1.165) is 37.3 Å². The van der Waals surface area contributed by atoms with Gasteiger partial charge in [0.15, 0.2) is 5.82 Å². The summed E-state index contributed by atoms with van der Waals surface area (Å²) in [7, 11) is 0. The zero-order valence-corrected chi connectivity index (χ0v) is 11.3. The van der Waals surface area contributed by atoms with Crippen molar-refractivity contribution < 1.29 is 0 Å². The molecule has 1 saturated heterocycles. The topological polar surface area (TPSA) is 70.9 Å². The second-order valence-corrected chi connectivity index (χ2v) is 5.03. The van der Waals surface area contributed by atoms with Gasteiger partial charge in [0.25, 0.3) is 0 Å². The molecule has 1 aliphatic rings. The van der Waals surface area contributed by atoms with Crippen molar-refractivity contribution in [2.75, 3.05) is 23.7 Å². The summed E-state index contributed by atoms with van der Waals surface area (Å²) in [6, 6.07) is 12.2. The van der Waals surface area contributed by atoms with E-state index < -0.39 is 0 Å². The van der Waals surface area contributed by atoms with Crippen molar-refractivity contribution in [2.24, 2.45) is 0 Å². The molecule has 0 bridgehead atoms. The van der Waals surface area contributed by atoms with Crippen LogP contribution in [0.25, 0.3) is 0 Å². The quantitative estimate of drug-likeness (QED) is 0.923. The third-order valence-electron chi connectivity index (χ3n) is 3.67. The van der Waals surface area contributed by atoms with Crippen LogP contribution in [-0.2, 0) is 6.54 Å². The summed E-state index contributed by atoms with van der Waals surface area (Å²) in [5, 5.41) is 13.9. The van der Waals surface area contributed by atoms with Gasteiger partial charge in [-0.3, -0.25) is 0 Å². The second-order valence-electron chi connectivity index (χ2n) is 5.03. The van der Waals surface area contributed by atoms with E-state index >= 15 is 0 Å². The lowest BCUT2D eigenvalue weighted by atomic mass is 10.2. The summed E-state index contributed by atoms with van der Waals surface area (Å²) in [6.45, 7) is 2.50. The lowest BCUT2D eigenvalue weighted by Gasteiger charge is -2.13.